The van der Waals surface area contributed by atoms with Gasteiger partial charge in [0.2, 0.25) is 5.91 Å². The Balaban J connectivity index is 2.01. The van der Waals surface area contributed by atoms with Crippen LogP contribution in [0.1, 0.15) is 50.0 Å². The fourth-order valence-corrected chi connectivity index (χ4v) is 3.72. The number of benzene rings is 2. The van der Waals surface area contributed by atoms with Crippen molar-refractivity contribution in [1.29, 1.82) is 0 Å². The lowest BCUT2D eigenvalue weighted by Crippen LogP contribution is -2.45. The number of anilines is 3. The molecular weight excluding hydrogens is 340 g/mol. The predicted octanol–water partition coefficient (Wildman–Crippen LogP) is 4.58. The topological polar surface area (TPSA) is 60.9 Å². The number of carboxylic acids is 1. The molecule has 1 N–H and O–H groups in total. The molecule has 0 saturated heterocycles. The number of aromatic carboxylic acids is 1. The van der Waals surface area contributed by atoms with Crippen LogP contribution in [0.25, 0.3) is 0 Å². The highest BCUT2D eigenvalue weighted by Gasteiger charge is 2.37. The molecule has 0 bridgehead atoms. The van der Waals surface area contributed by atoms with Gasteiger partial charge in [-0.15, -0.1) is 0 Å². The smallest absolute Gasteiger partial charge is 0.335 e. The number of hydrogen-bond donors (Lipinski definition) is 1. The molecule has 142 valence electrons. The zero-order chi connectivity index (χ0) is 19.9. The third kappa shape index (κ3) is 3.42. The van der Waals surface area contributed by atoms with Gasteiger partial charge in [-0.2, -0.15) is 0 Å². The van der Waals surface area contributed by atoms with E-state index in [9.17, 15) is 9.59 Å². The molecule has 3 rings (SSSR count). The Morgan fingerprint density at radius 1 is 1.11 bits per heavy atom. The van der Waals surface area contributed by atoms with E-state index in [1.165, 1.54) is 0 Å². The van der Waals surface area contributed by atoms with Gasteiger partial charge in [0, 0.05) is 42.0 Å². The second-order valence-corrected chi connectivity index (χ2v) is 8.03. The van der Waals surface area contributed by atoms with Gasteiger partial charge in [-0.25, -0.2) is 4.79 Å². The lowest BCUT2D eigenvalue weighted by atomic mass is 9.76. The van der Waals surface area contributed by atoms with E-state index in [0.29, 0.717) is 6.42 Å². The average Bonchev–Trinajstić information content (AvgIpc) is 2.60. The van der Waals surface area contributed by atoms with Crippen molar-refractivity contribution >= 4 is 28.9 Å². The highest BCUT2D eigenvalue weighted by molar-refractivity contribution is 5.98. The van der Waals surface area contributed by atoms with Crippen molar-refractivity contribution in [3.05, 3.63) is 53.6 Å². The fourth-order valence-electron chi connectivity index (χ4n) is 3.72. The summed E-state index contributed by atoms with van der Waals surface area (Å²) in [7, 11) is 1.96. The summed E-state index contributed by atoms with van der Waals surface area (Å²) in [6.45, 7) is 8.27. The van der Waals surface area contributed by atoms with Crippen LogP contribution in [0.15, 0.2) is 42.5 Å². The number of nitrogens with zero attached hydrogens (tertiary/aromatic N) is 2. The van der Waals surface area contributed by atoms with E-state index in [1.807, 2.05) is 42.8 Å². The second-order valence-electron chi connectivity index (χ2n) is 8.03. The molecule has 1 heterocycles. The quantitative estimate of drug-likeness (QED) is 0.861. The molecule has 0 saturated carbocycles. The standard InChI is InChI=1S/C22H26N2O3/c1-14(2)24-19-11-10-17(12-18(19)22(3,4)13-20(24)25)23(5)16-8-6-15(7-9-16)21(26)27/h6-12,14H,13H2,1-5H3,(H,26,27). The Bertz CT molecular complexity index is 885. The maximum Gasteiger partial charge on any atom is 0.335 e. The Kier molecular flexibility index (Phi) is 4.72. The first-order valence-corrected chi connectivity index (χ1v) is 9.15. The molecule has 0 radical (unpaired) electrons. The van der Waals surface area contributed by atoms with E-state index < -0.39 is 5.97 Å². The summed E-state index contributed by atoms with van der Waals surface area (Å²) in [5.74, 6) is -0.772. The molecule has 0 aliphatic carbocycles. The van der Waals surface area contributed by atoms with Gasteiger partial charge in [0.1, 0.15) is 0 Å². The number of rotatable bonds is 4. The number of carboxylic acid groups (broad SMARTS) is 1. The van der Waals surface area contributed by atoms with Crippen molar-refractivity contribution in [2.24, 2.45) is 0 Å². The van der Waals surface area contributed by atoms with Crippen LogP contribution < -0.4 is 9.80 Å². The summed E-state index contributed by atoms with van der Waals surface area (Å²) >= 11 is 0. The number of carbonyl (C=O) groups is 2. The van der Waals surface area contributed by atoms with Crippen molar-refractivity contribution < 1.29 is 14.7 Å². The number of fused-ring (bicyclic) bond motifs is 1. The van der Waals surface area contributed by atoms with Gasteiger partial charge < -0.3 is 14.9 Å². The molecule has 0 unspecified atom stereocenters. The molecule has 0 spiro atoms. The summed E-state index contributed by atoms with van der Waals surface area (Å²) in [5, 5.41) is 9.07. The lowest BCUT2D eigenvalue weighted by Gasteiger charge is -2.41. The fraction of sp³-hybridized carbons (Fsp3) is 0.364. The number of hydrogen-bond acceptors (Lipinski definition) is 3. The van der Waals surface area contributed by atoms with Gasteiger partial charge in [-0.1, -0.05) is 13.8 Å². The van der Waals surface area contributed by atoms with Crippen LogP contribution in [0.3, 0.4) is 0 Å². The second kappa shape index (κ2) is 6.72. The summed E-state index contributed by atoms with van der Waals surface area (Å²) in [4.78, 5) is 27.6. The SMILES string of the molecule is CC(C)N1C(=O)CC(C)(C)c2cc(N(C)c3ccc(C(=O)O)cc3)ccc21. The lowest BCUT2D eigenvalue weighted by molar-refractivity contribution is -0.120. The molecule has 5 heteroatoms. The van der Waals surface area contributed by atoms with E-state index in [4.69, 9.17) is 5.11 Å². The summed E-state index contributed by atoms with van der Waals surface area (Å²) in [6.07, 6.45) is 0.485. The van der Waals surface area contributed by atoms with Gasteiger partial charge >= 0.3 is 5.97 Å². The molecule has 0 atom stereocenters. The zero-order valence-corrected chi connectivity index (χ0v) is 16.5. The first-order valence-electron chi connectivity index (χ1n) is 9.15. The van der Waals surface area contributed by atoms with E-state index >= 15 is 0 Å². The monoisotopic (exact) mass is 366 g/mol. The maximum atomic E-state index is 12.6. The highest BCUT2D eigenvalue weighted by atomic mass is 16.4. The molecule has 2 aromatic carbocycles. The molecule has 2 aromatic rings. The van der Waals surface area contributed by atoms with Crippen LogP contribution >= 0.6 is 0 Å². The van der Waals surface area contributed by atoms with E-state index in [-0.39, 0.29) is 22.9 Å². The Labute approximate surface area is 160 Å². The third-order valence-electron chi connectivity index (χ3n) is 5.24. The largest absolute Gasteiger partial charge is 0.478 e. The maximum absolute atomic E-state index is 12.6. The molecule has 0 aromatic heterocycles. The Morgan fingerprint density at radius 3 is 2.26 bits per heavy atom. The molecule has 1 aliphatic rings. The van der Waals surface area contributed by atoms with Gasteiger partial charge in [0.25, 0.3) is 0 Å². The van der Waals surface area contributed by atoms with Crippen molar-refractivity contribution in [1.82, 2.24) is 0 Å². The van der Waals surface area contributed by atoms with Crippen LogP contribution in [-0.4, -0.2) is 30.1 Å². The first-order chi connectivity index (χ1) is 12.6. The minimum absolute atomic E-state index is 0.111. The van der Waals surface area contributed by atoms with E-state index in [2.05, 4.69) is 19.9 Å². The predicted molar refractivity (Wildman–Crippen MR) is 108 cm³/mol. The number of carbonyl (C=O) groups excluding carboxylic acids is 1. The van der Waals surface area contributed by atoms with Crippen LogP contribution in [0.2, 0.25) is 0 Å². The first kappa shape index (κ1) is 19.0. The van der Waals surface area contributed by atoms with Crippen LogP contribution in [0, 0.1) is 0 Å². The van der Waals surface area contributed by atoms with E-state index in [0.717, 1.165) is 22.6 Å². The minimum Gasteiger partial charge on any atom is -0.478 e. The van der Waals surface area contributed by atoms with Crippen molar-refractivity contribution in [3.8, 4) is 0 Å². The van der Waals surface area contributed by atoms with Gasteiger partial charge in [0.05, 0.1) is 5.56 Å². The summed E-state index contributed by atoms with van der Waals surface area (Å²) < 4.78 is 0. The number of amides is 1. The normalized spacial score (nSPS) is 15.6. The zero-order valence-electron chi connectivity index (χ0n) is 16.5. The molecule has 1 aliphatic heterocycles. The van der Waals surface area contributed by atoms with Crippen LogP contribution in [0.5, 0.6) is 0 Å². The van der Waals surface area contributed by atoms with Gasteiger partial charge in [0.15, 0.2) is 0 Å². The molecular formula is C22H26N2O3. The summed E-state index contributed by atoms with van der Waals surface area (Å²) in [5.41, 5.74) is 4.08. The summed E-state index contributed by atoms with van der Waals surface area (Å²) in [6, 6.07) is 13.1. The van der Waals surface area contributed by atoms with Crippen LogP contribution in [-0.2, 0) is 10.2 Å². The average molecular weight is 366 g/mol. The highest BCUT2D eigenvalue weighted by Crippen LogP contribution is 2.43. The molecule has 1 amide bonds. The Hall–Kier alpha value is -2.82. The van der Waals surface area contributed by atoms with Gasteiger partial charge in [-0.05, 0) is 61.9 Å². The van der Waals surface area contributed by atoms with Crippen molar-refractivity contribution in [2.75, 3.05) is 16.8 Å². The molecule has 27 heavy (non-hydrogen) atoms. The van der Waals surface area contributed by atoms with Crippen LogP contribution in [0.4, 0.5) is 17.1 Å². The molecule has 5 nitrogen and oxygen atoms in total. The van der Waals surface area contributed by atoms with Crippen molar-refractivity contribution in [2.45, 2.75) is 45.6 Å². The Morgan fingerprint density at radius 2 is 1.70 bits per heavy atom. The third-order valence-corrected chi connectivity index (χ3v) is 5.24. The van der Waals surface area contributed by atoms with Gasteiger partial charge in [-0.3, -0.25) is 4.79 Å². The minimum atomic E-state index is -0.932. The van der Waals surface area contributed by atoms with E-state index in [1.54, 1.807) is 24.3 Å². The molecule has 0 fully saturated rings. The van der Waals surface area contributed by atoms with Crippen molar-refractivity contribution in [3.63, 3.8) is 0 Å².